The molecule has 5 heteroatoms. The average Bonchev–Trinajstić information content (AvgIpc) is 2.70. The number of benzene rings is 1. The monoisotopic (exact) mass is 245 g/mol. The largest absolute Gasteiger partial charge is 0.464 e. The van der Waals surface area contributed by atoms with E-state index in [2.05, 4.69) is 15.8 Å². The van der Waals surface area contributed by atoms with Crippen molar-refractivity contribution in [1.29, 1.82) is 0 Å². The molecule has 0 saturated carbocycles. The quantitative estimate of drug-likeness (QED) is 0.834. The van der Waals surface area contributed by atoms with Gasteiger partial charge in [-0.1, -0.05) is 29.8 Å². The lowest BCUT2D eigenvalue weighted by atomic mass is 10.1. The minimum absolute atomic E-state index is 0.158. The standard InChI is InChI=1S/C13H15N3O2/c1-9-4-3-5-10(6-9)7-16-8-15-11(12(16)14)13(17)18-2/h3-6,8H,7,14H2,1-2H3. The van der Waals surface area contributed by atoms with Crippen molar-refractivity contribution in [2.75, 3.05) is 12.8 Å². The van der Waals surface area contributed by atoms with Crippen molar-refractivity contribution in [2.24, 2.45) is 0 Å². The number of nitrogens with two attached hydrogens (primary N) is 1. The van der Waals surface area contributed by atoms with Crippen LogP contribution in [0, 0.1) is 6.92 Å². The molecule has 1 heterocycles. The summed E-state index contributed by atoms with van der Waals surface area (Å²) in [6.07, 6.45) is 1.55. The second kappa shape index (κ2) is 4.91. The van der Waals surface area contributed by atoms with Gasteiger partial charge in [0.15, 0.2) is 5.69 Å². The van der Waals surface area contributed by atoms with Crippen LogP contribution in [-0.2, 0) is 11.3 Å². The zero-order chi connectivity index (χ0) is 13.1. The SMILES string of the molecule is COC(=O)c1ncn(Cc2cccc(C)c2)c1N. The zero-order valence-corrected chi connectivity index (χ0v) is 10.4. The highest BCUT2D eigenvalue weighted by Crippen LogP contribution is 2.14. The highest BCUT2D eigenvalue weighted by atomic mass is 16.5. The maximum Gasteiger partial charge on any atom is 0.360 e. The van der Waals surface area contributed by atoms with Crippen LogP contribution in [0.2, 0.25) is 0 Å². The van der Waals surface area contributed by atoms with E-state index in [4.69, 9.17) is 5.73 Å². The Morgan fingerprint density at radius 2 is 2.28 bits per heavy atom. The first-order chi connectivity index (χ1) is 8.61. The number of hydrogen-bond donors (Lipinski definition) is 1. The Morgan fingerprint density at radius 3 is 2.94 bits per heavy atom. The van der Waals surface area contributed by atoms with Crippen molar-refractivity contribution in [3.8, 4) is 0 Å². The molecule has 0 aliphatic carbocycles. The van der Waals surface area contributed by atoms with E-state index < -0.39 is 5.97 Å². The third-order valence-corrected chi connectivity index (χ3v) is 2.69. The number of carbonyl (C=O) groups excluding carboxylic acids is 1. The van der Waals surface area contributed by atoms with Crippen LogP contribution in [0.1, 0.15) is 21.6 Å². The summed E-state index contributed by atoms with van der Waals surface area (Å²) in [7, 11) is 1.31. The van der Waals surface area contributed by atoms with Crippen LogP contribution < -0.4 is 5.73 Å². The summed E-state index contributed by atoms with van der Waals surface area (Å²) in [6, 6.07) is 8.08. The lowest BCUT2D eigenvalue weighted by Crippen LogP contribution is -2.09. The van der Waals surface area contributed by atoms with Gasteiger partial charge in [-0.3, -0.25) is 0 Å². The van der Waals surface area contributed by atoms with Gasteiger partial charge in [0.25, 0.3) is 0 Å². The van der Waals surface area contributed by atoms with Crippen molar-refractivity contribution in [2.45, 2.75) is 13.5 Å². The first-order valence-corrected chi connectivity index (χ1v) is 5.56. The Balaban J connectivity index is 2.25. The molecule has 0 atom stereocenters. The van der Waals surface area contributed by atoms with Crippen LogP contribution in [0.15, 0.2) is 30.6 Å². The van der Waals surface area contributed by atoms with Crippen molar-refractivity contribution in [3.05, 3.63) is 47.4 Å². The van der Waals surface area contributed by atoms with E-state index in [1.807, 2.05) is 25.1 Å². The maximum absolute atomic E-state index is 11.4. The zero-order valence-electron chi connectivity index (χ0n) is 10.4. The number of methoxy groups -OCH3 is 1. The third-order valence-electron chi connectivity index (χ3n) is 2.69. The van der Waals surface area contributed by atoms with Gasteiger partial charge in [-0.15, -0.1) is 0 Å². The highest BCUT2D eigenvalue weighted by molar-refractivity contribution is 5.92. The van der Waals surface area contributed by atoms with Crippen LogP contribution in [0.25, 0.3) is 0 Å². The molecule has 94 valence electrons. The van der Waals surface area contributed by atoms with Gasteiger partial charge in [-0.25, -0.2) is 9.78 Å². The summed E-state index contributed by atoms with van der Waals surface area (Å²) < 4.78 is 6.33. The Morgan fingerprint density at radius 1 is 1.50 bits per heavy atom. The molecule has 0 spiro atoms. The molecular formula is C13H15N3O2. The minimum atomic E-state index is -0.518. The van der Waals surface area contributed by atoms with E-state index in [-0.39, 0.29) is 5.69 Å². The van der Waals surface area contributed by atoms with Gasteiger partial charge in [-0.05, 0) is 12.5 Å². The van der Waals surface area contributed by atoms with Gasteiger partial charge < -0.3 is 15.0 Å². The van der Waals surface area contributed by atoms with Crippen LogP contribution in [0.5, 0.6) is 0 Å². The molecule has 0 amide bonds. The smallest absolute Gasteiger partial charge is 0.360 e. The van der Waals surface area contributed by atoms with E-state index >= 15 is 0 Å². The molecule has 2 N–H and O–H groups in total. The number of rotatable bonds is 3. The molecule has 1 aromatic heterocycles. The first-order valence-electron chi connectivity index (χ1n) is 5.56. The number of nitrogen functional groups attached to an aromatic ring is 1. The molecule has 0 saturated heterocycles. The molecule has 5 nitrogen and oxygen atoms in total. The van der Waals surface area contributed by atoms with Crippen molar-refractivity contribution < 1.29 is 9.53 Å². The fraction of sp³-hybridized carbons (Fsp3) is 0.231. The number of ether oxygens (including phenoxy) is 1. The van der Waals surface area contributed by atoms with Gasteiger partial charge >= 0.3 is 5.97 Å². The molecule has 18 heavy (non-hydrogen) atoms. The summed E-state index contributed by atoms with van der Waals surface area (Å²) in [5.74, 6) is -0.196. The van der Waals surface area contributed by atoms with Crippen LogP contribution in [-0.4, -0.2) is 22.6 Å². The van der Waals surface area contributed by atoms with Crippen molar-refractivity contribution >= 4 is 11.8 Å². The Bertz CT molecular complexity index is 575. The summed E-state index contributed by atoms with van der Waals surface area (Å²) in [5, 5.41) is 0. The van der Waals surface area contributed by atoms with Crippen molar-refractivity contribution in [3.63, 3.8) is 0 Å². The molecule has 0 bridgehead atoms. The third kappa shape index (κ3) is 2.34. The Labute approximate surface area is 105 Å². The number of aryl methyl sites for hydroxylation is 1. The highest BCUT2D eigenvalue weighted by Gasteiger charge is 2.15. The number of hydrogen-bond acceptors (Lipinski definition) is 4. The molecule has 0 fully saturated rings. The number of nitrogens with zero attached hydrogens (tertiary/aromatic N) is 2. The number of imidazole rings is 1. The van der Waals surface area contributed by atoms with Gasteiger partial charge in [0.1, 0.15) is 5.82 Å². The first kappa shape index (κ1) is 12.2. The summed E-state index contributed by atoms with van der Waals surface area (Å²) >= 11 is 0. The topological polar surface area (TPSA) is 70.1 Å². The second-order valence-corrected chi connectivity index (χ2v) is 4.09. The molecule has 0 radical (unpaired) electrons. The predicted molar refractivity (Wildman–Crippen MR) is 68.3 cm³/mol. The van der Waals surface area contributed by atoms with E-state index in [1.54, 1.807) is 10.9 Å². The predicted octanol–water partition coefficient (Wildman–Crippen LogP) is 1.61. The number of carbonyl (C=O) groups is 1. The van der Waals surface area contributed by atoms with E-state index in [9.17, 15) is 4.79 Å². The maximum atomic E-state index is 11.4. The molecule has 1 aromatic carbocycles. The van der Waals surface area contributed by atoms with Gasteiger partial charge in [0.05, 0.1) is 20.0 Å². The average molecular weight is 245 g/mol. The van der Waals surface area contributed by atoms with Crippen LogP contribution >= 0.6 is 0 Å². The van der Waals surface area contributed by atoms with E-state index in [0.717, 1.165) is 5.56 Å². The van der Waals surface area contributed by atoms with Gasteiger partial charge in [0, 0.05) is 0 Å². The molecule has 0 aliphatic rings. The molecule has 0 aliphatic heterocycles. The molecule has 2 aromatic rings. The fourth-order valence-electron chi connectivity index (χ4n) is 1.78. The summed E-state index contributed by atoms with van der Waals surface area (Å²) in [6.45, 7) is 2.61. The second-order valence-electron chi connectivity index (χ2n) is 4.09. The molecular weight excluding hydrogens is 230 g/mol. The van der Waals surface area contributed by atoms with Gasteiger partial charge in [-0.2, -0.15) is 0 Å². The van der Waals surface area contributed by atoms with E-state index in [0.29, 0.717) is 12.4 Å². The summed E-state index contributed by atoms with van der Waals surface area (Å²) in [5.41, 5.74) is 8.31. The lowest BCUT2D eigenvalue weighted by Gasteiger charge is -2.06. The molecule has 0 unspecified atom stereocenters. The minimum Gasteiger partial charge on any atom is -0.464 e. The summed E-state index contributed by atoms with van der Waals surface area (Å²) in [4.78, 5) is 15.3. The fourth-order valence-corrected chi connectivity index (χ4v) is 1.78. The Hall–Kier alpha value is -2.30. The number of aromatic nitrogens is 2. The van der Waals surface area contributed by atoms with Crippen molar-refractivity contribution in [1.82, 2.24) is 9.55 Å². The molecule has 2 rings (SSSR count). The van der Waals surface area contributed by atoms with Crippen LogP contribution in [0.4, 0.5) is 5.82 Å². The van der Waals surface area contributed by atoms with Crippen LogP contribution in [0.3, 0.4) is 0 Å². The number of anilines is 1. The number of esters is 1. The van der Waals surface area contributed by atoms with E-state index in [1.165, 1.54) is 12.7 Å². The normalized spacial score (nSPS) is 10.3. The lowest BCUT2D eigenvalue weighted by molar-refractivity contribution is 0.0596. The van der Waals surface area contributed by atoms with Gasteiger partial charge in [0.2, 0.25) is 0 Å². The Kier molecular flexibility index (Phi) is 3.32.